The summed E-state index contributed by atoms with van der Waals surface area (Å²) in [5.41, 5.74) is 0. The van der Waals surface area contributed by atoms with E-state index in [2.05, 4.69) is 15.3 Å². The SMILES string of the molecule is O=S(=O)(O)CCCNc1cc(Cl)nc(Cl)n1. The Morgan fingerprint density at radius 2 is 2.06 bits per heavy atom. The minimum Gasteiger partial charge on any atom is -0.370 e. The molecule has 6 nitrogen and oxygen atoms in total. The van der Waals surface area contributed by atoms with Gasteiger partial charge >= 0.3 is 0 Å². The molecule has 0 fully saturated rings. The lowest BCUT2D eigenvalue weighted by Gasteiger charge is -2.04. The molecule has 2 N–H and O–H groups in total. The van der Waals surface area contributed by atoms with Gasteiger partial charge in [0, 0.05) is 12.6 Å². The molecule has 0 spiro atoms. The average molecular weight is 286 g/mol. The van der Waals surface area contributed by atoms with Crippen LogP contribution in [-0.4, -0.2) is 35.2 Å². The third kappa shape index (κ3) is 5.45. The van der Waals surface area contributed by atoms with Gasteiger partial charge in [0.05, 0.1) is 5.75 Å². The van der Waals surface area contributed by atoms with Crippen molar-refractivity contribution in [2.45, 2.75) is 6.42 Å². The topological polar surface area (TPSA) is 92.2 Å². The Kier molecular flexibility index (Phi) is 4.72. The van der Waals surface area contributed by atoms with E-state index < -0.39 is 10.1 Å². The highest BCUT2D eigenvalue weighted by Gasteiger charge is 2.04. The highest BCUT2D eigenvalue weighted by atomic mass is 35.5. The van der Waals surface area contributed by atoms with E-state index in [1.807, 2.05) is 0 Å². The number of rotatable bonds is 5. The van der Waals surface area contributed by atoms with Crippen molar-refractivity contribution in [3.63, 3.8) is 0 Å². The van der Waals surface area contributed by atoms with E-state index in [-0.39, 0.29) is 22.6 Å². The van der Waals surface area contributed by atoms with E-state index in [0.29, 0.717) is 12.4 Å². The predicted molar refractivity (Wildman–Crippen MR) is 61.6 cm³/mol. The second-order valence-corrected chi connectivity index (χ2v) is 5.21. The molecular formula is C7H9Cl2N3O3S. The van der Waals surface area contributed by atoms with Crippen molar-refractivity contribution in [2.24, 2.45) is 0 Å². The summed E-state index contributed by atoms with van der Waals surface area (Å²) in [6.45, 7) is 0.323. The molecule has 0 unspecified atom stereocenters. The van der Waals surface area contributed by atoms with Crippen LogP contribution in [0.3, 0.4) is 0 Å². The van der Waals surface area contributed by atoms with E-state index in [1.165, 1.54) is 6.07 Å². The minimum atomic E-state index is -3.92. The van der Waals surface area contributed by atoms with E-state index in [4.69, 9.17) is 27.8 Å². The van der Waals surface area contributed by atoms with Crippen LogP contribution in [0.5, 0.6) is 0 Å². The zero-order valence-corrected chi connectivity index (χ0v) is 10.3. The van der Waals surface area contributed by atoms with Crippen LogP contribution in [-0.2, 0) is 10.1 Å². The molecule has 0 saturated carbocycles. The molecule has 16 heavy (non-hydrogen) atoms. The van der Waals surface area contributed by atoms with Crippen molar-refractivity contribution >= 4 is 39.1 Å². The fourth-order valence-electron chi connectivity index (χ4n) is 0.951. The fourth-order valence-corrected chi connectivity index (χ4v) is 1.87. The van der Waals surface area contributed by atoms with Gasteiger partial charge in [-0.15, -0.1) is 0 Å². The van der Waals surface area contributed by atoms with Gasteiger partial charge in [0.25, 0.3) is 10.1 Å². The van der Waals surface area contributed by atoms with Crippen molar-refractivity contribution in [1.29, 1.82) is 0 Å². The van der Waals surface area contributed by atoms with Crippen LogP contribution in [0.4, 0.5) is 5.82 Å². The van der Waals surface area contributed by atoms with Crippen LogP contribution in [0.2, 0.25) is 10.4 Å². The van der Waals surface area contributed by atoms with Gasteiger partial charge in [-0.3, -0.25) is 4.55 Å². The summed E-state index contributed by atoms with van der Waals surface area (Å²) >= 11 is 11.2. The molecule has 90 valence electrons. The van der Waals surface area contributed by atoms with Crippen LogP contribution < -0.4 is 5.32 Å². The molecule has 0 atom stereocenters. The smallest absolute Gasteiger partial charge is 0.264 e. The molecule has 1 rings (SSSR count). The van der Waals surface area contributed by atoms with Gasteiger partial charge in [0.15, 0.2) is 0 Å². The number of anilines is 1. The molecule has 0 amide bonds. The summed E-state index contributed by atoms with van der Waals surface area (Å²) < 4.78 is 29.3. The number of halogens is 2. The molecule has 0 aromatic carbocycles. The van der Waals surface area contributed by atoms with Crippen LogP contribution in [0.1, 0.15) is 6.42 Å². The number of nitrogens with zero attached hydrogens (tertiary/aromatic N) is 2. The molecule has 0 bridgehead atoms. The highest BCUT2D eigenvalue weighted by Crippen LogP contribution is 2.14. The molecular weight excluding hydrogens is 277 g/mol. The maximum Gasteiger partial charge on any atom is 0.264 e. The van der Waals surface area contributed by atoms with Crippen molar-refractivity contribution in [2.75, 3.05) is 17.6 Å². The average Bonchev–Trinajstić information content (AvgIpc) is 2.09. The minimum absolute atomic E-state index is 0.00443. The first-order valence-corrected chi connectivity index (χ1v) is 6.62. The lowest BCUT2D eigenvalue weighted by atomic mass is 10.4. The molecule has 0 aliphatic heterocycles. The van der Waals surface area contributed by atoms with Gasteiger partial charge in [-0.25, -0.2) is 9.97 Å². The second-order valence-electron chi connectivity index (χ2n) is 2.91. The molecule has 1 aromatic heterocycles. The van der Waals surface area contributed by atoms with E-state index >= 15 is 0 Å². The quantitative estimate of drug-likeness (QED) is 0.368. The first-order chi connectivity index (χ1) is 7.37. The summed E-state index contributed by atoms with van der Waals surface area (Å²) in [7, 11) is -3.92. The first-order valence-electron chi connectivity index (χ1n) is 4.26. The number of aromatic nitrogens is 2. The van der Waals surface area contributed by atoms with Gasteiger partial charge in [0.2, 0.25) is 5.28 Å². The molecule has 0 radical (unpaired) electrons. The second kappa shape index (κ2) is 5.62. The fraction of sp³-hybridized carbons (Fsp3) is 0.429. The summed E-state index contributed by atoms with van der Waals surface area (Å²) in [4.78, 5) is 7.46. The zero-order chi connectivity index (χ0) is 12.2. The Bertz CT molecular complexity index is 446. The molecule has 1 heterocycles. The Morgan fingerprint density at radius 3 is 2.62 bits per heavy atom. The van der Waals surface area contributed by atoms with E-state index in [9.17, 15) is 8.42 Å². The summed E-state index contributed by atoms with van der Waals surface area (Å²) in [6.07, 6.45) is 0.248. The van der Waals surface area contributed by atoms with E-state index in [1.54, 1.807) is 0 Å². The molecule has 0 saturated heterocycles. The molecule has 0 aliphatic carbocycles. The van der Waals surface area contributed by atoms with E-state index in [0.717, 1.165) is 0 Å². The van der Waals surface area contributed by atoms with Gasteiger partial charge in [-0.1, -0.05) is 11.6 Å². The highest BCUT2D eigenvalue weighted by molar-refractivity contribution is 7.85. The lowest BCUT2D eigenvalue weighted by molar-refractivity contribution is 0.481. The van der Waals surface area contributed by atoms with Gasteiger partial charge < -0.3 is 5.32 Å². The summed E-state index contributed by atoms with van der Waals surface area (Å²) in [6, 6.07) is 1.46. The maximum absolute atomic E-state index is 10.4. The van der Waals surface area contributed by atoms with Crippen LogP contribution >= 0.6 is 23.2 Å². The first kappa shape index (κ1) is 13.4. The van der Waals surface area contributed by atoms with Crippen molar-refractivity contribution < 1.29 is 13.0 Å². The number of hydrogen-bond donors (Lipinski definition) is 2. The zero-order valence-electron chi connectivity index (χ0n) is 8.02. The number of hydrogen-bond acceptors (Lipinski definition) is 5. The van der Waals surface area contributed by atoms with Crippen LogP contribution in [0.25, 0.3) is 0 Å². The molecule has 9 heteroatoms. The third-order valence-electron chi connectivity index (χ3n) is 1.55. The lowest BCUT2D eigenvalue weighted by Crippen LogP contribution is -2.11. The standard InChI is InChI=1S/C7H9Cl2N3O3S/c8-5-4-6(12-7(9)11-5)10-2-1-3-16(13,14)15/h4H,1-3H2,(H,10,11,12)(H,13,14,15). The maximum atomic E-state index is 10.4. The Hall–Kier alpha value is -0.630. The Morgan fingerprint density at radius 1 is 1.38 bits per heavy atom. The normalized spacial score (nSPS) is 11.4. The van der Waals surface area contributed by atoms with Gasteiger partial charge in [-0.05, 0) is 18.0 Å². The van der Waals surface area contributed by atoms with Gasteiger partial charge in [0.1, 0.15) is 11.0 Å². The van der Waals surface area contributed by atoms with Crippen molar-refractivity contribution in [1.82, 2.24) is 9.97 Å². The van der Waals surface area contributed by atoms with Crippen LogP contribution in [0.15, 0.2) is 6.07 Å². The van der Waals surface area contributed by atoms with Crippen molar-refractivity contribution in [3.8, 4) is 0 Å². The van der Waals surface area contributed by atoms with Crippen LogP contribution in [0, 0.1) is 0 Å². The predicted octanol–water partition coefficient (Wildman–Crippen LogP) is 1.47. The molecule has 0 aliphatic rings. The largest absolute Gasteiger partial charge is 0.370 e. The Balaban J connectivity index is 2.43. The Labute approximate surface area is 103 Å². The molecule has 1 aromatic rings. The summed E-state index contributed by atoms with van der Waals surface area (Å²) in [5.74, 6) is 0.0901. The van der Waals surface area contributed by atoms with Gasteiger partial charge in [-0.2, -0.15) is 8.42 Å². The third-order valence-corrected chi connectivity index (χ3v) is 2.72. The number of nitrogens with one attached hydrogen (secondary N) is 1. The monoisotopic (exact) mass is 285 g/mol. The summed E-state index contributed by atoms with van der Waals surface area (Å²) in [5, 5.41) is 3.00. The van der Waals surface area contributed by atoms with Crippen molar-refractivity contribution in [3.05, 3.63) is 16.5 Å².